The quantitative estimate of drug-likeness (QED) is 0.671. The van der Waals surface area contributed by atoms with Crippen molar-refractivity contribution >= 4 is 17.2 Å². The summed E-state index contributed by atoms with van der Waals surface area (Å²) in [6.07, 6.45) is 7.83. The molecule has 18 heavy (non-hydrogen) atoms. The molecule has 4 N–H and O–H groups in total. The third-order valence-electron chi connectivity index (χ3n) is 2.69. The van der Waals surface area contributed by atoms with E-state index in [2.05, 4.69) is 20.2 Å². The minimum absolute atomic E-state index is 0.653. The predicted octanol–water partition coefficient (Wildman–Crippen LogP) is 0.444. The fourth-order valence-corrected chi connectivity index (χ4v) is 1.70. The number of nitrogens with two attached hydrogens (primary N) is 1. The molecule has 0 aliphatic carbocycles. The highest BCUT2D eigenvalue weighted by Gasteiger charge is 2.03. The van der Waals surface area contributed by atoms with Crippen LogP contribution in [-0.2, 0) is 13.6 Å². The van der Waals surface area contributed by atoms with Gasteiger partial charge in [0, 0.05) is 7.05 Å². The van der Waals surface area contributed by atoms with Crippen molar-refractivity contribution in [1.82, 2.24) is 9.55 Å². The van der Waals surface area contributed by atoms with E-state index in [-0.39, 0.29) is 0 Å². The number of pyridine rings is 1. The Bertz CT molecular complexity index is 519. The maximum atomic E-state index is 5.90. The van der Waals surface area contributed by atoms with Crippen molar-refractivity contribution in [3.05, 3.63) is 31.0 Å². The molecule has 2 aromatic heterocycles. The number of aryl methyl sites for hydroxylation is 1. The molecule has 6 nitrogen and oxygen atoms in total. The number of nitrogens with one attached hydrogen (secondary N) is 2. The van der Waals surface area contributed by atoms with Crippen molar-refractivity contribution < 1.29 is 4.57 Å². The molecule has 6 heteroatoms. The molecule has 0 aromatic carbocycles. The molecular weight excluding hydrogens is 228 g/mol. The second-order valence-corrected chi connectivity index (χ2v) is 4.16. The minimum atomic E-state index is 0.653. The Morgan fingerprint density at radius 1 is 1.50 bits per heavy atom. The van der Waals surface area contributed by atoms with Gasteiger partial charge < -0.3 is 16.4 Å². The van der Waals surface area contributed by atoms with E-state index in [9.17, 15) is 0 Å². The molecule has 2 aromatic rings. The van der Waals surface area contributed by atoms with Gasteiger partial charge in [0.1, 0.15) is 24.8 Å². The molecule has 0 bridgehead atoms. The highest BCUT2D eigenvalue weighted by Crippen LogP contribution is 2.18. The lowest BCUT2D eigenvalue weighted by Gasteiger charge is -2.08. The van der Waals surface area contributed by atoms with E-state index in [1.165, 1.54) is 0 Å². The lowest BCUT2D eigenvalue weighted by molar-refractivity contribution is -0.671. The third-order valence-corrected chi connectivity index (χ3v) is 2.69. The van der Waals surface area contributed by atoms with Crippen LogP contribution in [0.5, 0.6) is 0 Å². The van der Waals surface area contributed by atoms with E-state index < -0.39 is 0 Å². The second kappa shape index (κ2) is 5.39. The van der Waals surface area contributed by atoms with Gasteiger partial charge in [0.05, 0.1) is 31.2 Å². The van der Waals surface area contributed by atoms with Gasteiger partial charge in [0.2, 0.25) is 6.33 Å². The van der Waals surface area contributed by atoms with Crippen LogP contribution in [0.25, 0.3) is 0 Å². The van der Waals surface area contributed by atoms with Gasteiger partial charge in [0.15, 0.2) is 0 Å². The first-order valence-corrected chi connectivity index (χ1v) is 5.87. The van der Waals surface area contributed by atoms with E-state index in [4.69, 9.17) is 5.73 Å². The normalized spacial score (nSPS) is 10.3. The van der Waals surface area contributed by atoms with Crippen LogP contribution in [0.3, 0.4) is 0 Å². The first kappa shape index (κ1) is 12.2. The van der Waals surface area contributed by atoms with Gasteiger partial charge in [0.25, 0.3) is 0 Å². The van der Waals surface area contributed by atoms with Crippen molar-refractivity contribution in [1.29, 1.82) is 0 Å². The summed E-state index contributed by atoms with van der Waals surface area (Å²) in [6.45, 7) is 1.65. The fraction of sp³-hybridized carbons (Fsp3) is 0.333. The Kier molecular flexibility index (Phi) is 3.66. The molecule has 0 amide bonds. The van der Waals surface area contributed by atoms with Crippen molar-refractivity contribution in [3.8, 4) is 0 Å². The summed E-state index contributed by atoms with van der Waals surface area (Å²) in [5, 5.41) is 6.23. The van der Waals surface area contributed by atoms with E-state index >= 15 is 0 Å². The molecule has 2 rings (SSSR count). The zero-order valence-corrected chi connectivity index (χ0v) is 10.7. The molecule has 0 unspecified atom stereocenters. The number of nitrogen functional groups attached to an aromatic ring is 1. The second-order valence-electron chi connectivity index (χ2n) is 4.16. The van der Waals surface area contributed by atoms with E-state index in [0.717, 1.165) is 24.6 Å². The molecule has 0 spiro atoms. The first-order chi connectivity index (χ1) is 8.69. The molecule has 2 heterocycles. The van der Waals surface area contributed by atoms with E-state index in [0.29, 0.717) is 5.69 Å². The van der Waals surface area contributed by atoms with Crippen molar-refractivity contribution in [2.75, 3.05) is 30.0 Å². The average molecular weight is 247 g/mol. The Morgan fingerprint density at radius 2 is 2.33 bits per heavy atom. The van der Waals surface area contributed by atoms with Gasteiger partial charge in [-0.2, -0.15) is 0 Å². The maximum Gasteiger partial charge on any atom is 0.243 e. The van der Waals surface area contributed by atoms with Crippen LogP contribution in [0.4, 0.5) is 17.2 Å². The summed E-state index contributed by atoms with van der Waals surface area (Å²) >= 11 is 0. The van der Waals surface area contributed by atoms with Crippen molar-refractivity contribution in [2.45, 2.75) is 6.54 Å². The van der Waals surface area contributed by atoms with Gasteiger partial charge in [-0.25, -0.2) is 14.1 Å². The summed E-state index contributed by atoms with van der Waals surface area (Å²) in [7, 11) is 3.84. The predicted molar refractivity (Wildman–Crippen MR) is 72.3 cm³/mol. The van der Waals surface area contributed by atoms with Crippen LogP contribution in [0.2, 0.25) is 0 Å². The fourth-order valence-electron chi connectivity index (χ4n) is 1.70. The third kappa shape index (κ3) is 2.91. The number of hydrogen-bond donors (Lipinski definition) is 3. The Morgan fingerprint density at radius 3 is 2.94 bits per heavy atom. The van der Waals surface area contributed by atoms with Crippen molar-refractivity contribution in [2.24, 2.45) is 7.05 Å². The molecule has 96 valence electrons. The van der Waals surface area contributed by atoms with Crippen LogP contribution in [0.1, 0.15) is 0 Å². The standard InChI is InChI=1S/C12H19N6/c1-14-10-7-11(13)12(16-8-10)15-3-4-18-6-5-17(2)9-18/h5-9,14H,3-4,13H2,1-2H3,(H,15,16)/q+1. The summed E-state index contributed by atoms with van der Waals surface area (Å²) in [6, 6.07) is 1.87. The highest BCUT2D eigenvalue weighted by molar-refractivity contribution is 5.66. The molecule has 0 saturated heterocycles. The van der Waals surface area contributed by atoms with Gasteiger partial charge >= 0.3 is 0 Å². The topological polar surface area (TPSA) is 71.8 Å². The zero-order chi connectivity index (χ0) is 13.0. The molecule has 0 fully saturated rings. The lowest BCUT2D eigenvalue weighted by atomic mass is 10.3. The molecule has 0 aliphatic rings. The van der Waals surface area contributed by atoms with Gasteiger partial charge in [-0.05, 0) is 6.07 Å². The number of imidazole rings is 1. The molecule has 0 radical (unpaired) electrons. The van der Waals surface area contributed by atoms with Gasteiger partial charge in [-0.1, -0.05) is 0 Å². The van der Waals surface area contributed by atoms with Crippen LogP contribution >= 0.6 is 0 Å². The summed E-state index contributed by atoms with van der Waals surface area (Å²) in [4.78, 5) is 4.27. The van der Waals surface area contributed by atoms with Gasteiger partial charge in [-0.15, -0.1) is 0 Å². The number of nitrogens with zero attached hydrogens (tertiary/aromatic N) is 3. The number of hydrogen-bond acceptors (Lipinski definition) is 4. The summed E-state index contributed by atoms with van der Waals surface area (Å²) in [5.74, 6) is 0.727. The molecule has 0 saturated carbocycles. The number of rotatable bonds is 5. The zero-order valence-electron chi connectivity index (χ0n) is 10.7. The summed E-state index contributed by atoms with van der Waals surface area (Å²) < 4.78 is 4.11. The highest BCUT2D eigenvalue weighted by atomic mass is 15.1. The SMILES string of the molecule is CNc1cnc(NCCn2cc[n+](C)c2)c(N)c1. The average Bonchev–Trinajstić information content (AvgIpc) is 2.77. The molecular formula is C12H19N6+. The van der Waals surface area contributed by atoms with Crippen LogP contribution < -0.4 is 20.9 Å². The van der Waals surface area contributed by atoms with Crippen LogP contribution in [0.15, 0.2) is 31.0 Å². The Labute approximate surface area is 106 Å². The maximum absolute atomic E-state index is 5.90. The first-order valence-electron chi connectivity index (χ1n) is 5.87. The Balaban J connectivity index is 1.90. The number of anilines is 3. The van der Waals surface area contributed by atoms with E-state index in [1.807, 2.05) is 43.4 Å². The van der Waals surface area contributed by atoms with Crippen LogP contribution in [-0.4, -0.2) is 23.1 Å². The van der Waals surface area contributed by atoms with Crippen LogP contribution in [0, 0.1) is 0 Å². The lowest BCUT2D eigenvalue weighted by Crippen LogP contribution is -2.24. The van der Waals surface area contributed by atoms with Crippen molar-refractivity contribution in [3.63, 3.8) is 0 Å². The molecule has 0 atom stereocenters. The monoisotopic (exact) mass is 247 g/mol. The van der Waals surface area contributed by atoms with Gasteiger partial charge in [-0.3, -0.25) is 0 Å². The smallest absolute Gasteiger partial charge is 0.243 e. The number of aromatic nitrogens is 3. The largest absolute Gasteiger partial charge is 0.396 e. The molecule has 0 aliphatic heterocycles. The Hall–Kier alpha value is -2.24. The summed E-state index contributed by atoms with van der Waals surface area (Å²) in [5.41, 5.74) is 7.47. The van der Waals surface area contributed by atoms with E-state index in [1.54, 1.807) is 6.20 Å². The minimum Gasteiger partial charge on any atom is -0.396 e.